The van der Waals surface area contributed by atoms with Gasteiger partial charge in [-0.05, 0) is 61.1 Å². The van der Waals surface area contributed by atoms with Crippen LogP contribution in [0.15, 0.2) is 42.5 Å². The van der Waals surface area contributed by atoms with Crippen molar-refractivity contribution in [1.82, 2.24) is 15.1 Å². The van der Waals surface area contributed by atoms with Crippen LogP contribution in [0, 0.1) is 13.8 Å². The van der Waals surface area contributed by atoms with Gasteiger partial charge in [-0.25, -0.2) is 0 Å². The lowest BCUT2D eigenvalue weighted by Crippen LogP contribution is -2.51. The molecule has 0 unspecified atom stereocenters. The molecule has 2 aromatic rings. The van der Waals surface area contributed by atoms with E-state index in [2.05, 4.69) is 35.3 Å². The van der Waals surface area contributed by atoms with Gasteiger partial charge >= 0.3 is 0 Å². The first-order valence-corrected chi connectivity index (χ1v) is 10.5. The Hall–Kier alpha value is -2.66. The number of fused-ring (bicyclic) bond motifs is 1. The summed E-state index contributed by atoms with van der Waals surface area (Å²) in [7, 11) is 0. The van der Waals surface area contributed by atoms with E-state index < -0.39 is 0 Å². The third-order valence-corrected chi connectivity index (χ3v) is 6.25. The number of benzene rings is 2. The Morgan fingerprint density at radius 1 is 1.00 bits per heavy atom. The smallest absolute Gasteiger partial charge is 0.253 e. The Kier molecular flexibility index (Phi) is 5.67. The molecule has 0 radical (unpaired) electrons. The number of nitrogens with one attached hydrogen (secondary N) is 1. The van der Waals surface area contributed by atoms with Crippen molar-refractivity contribution in [2.45, 2.75) is 32.7 Å². The van der Waals surface area contributed by atoms with Gasteiger partial charge in [0.15, 0.2) is 0 Å². The number of aryl methyl sites for hydroxylation is 3. The van der Waals surface area contributed by atoms with Crippen LogP contribution in [0.4, 0.5) is 0 Å². The van der Waals surface area contributed by atoms with Gasteiger partial charge in [0.2, 0.25) is 5.91 Å². The summed E-state index contributed by atoms with van der Waals surface area (Å²) >= 11 is 0. The standard InChI is InChI=1S/C24H29N3O2/c1-17-7-8-20(15-18(17)2)24(29)27-13-11-26(12-14-27)16-23(28)25-22-10-9-19-5-3-4-6-21(19)22/h3-8,15,22H,9-14,16H2,1-2H3,(H,25,28)/t22-/m1/s1. The maximum absolute atomic E-state index is 12.8. The fraction of sp³-hybridized carbons (Fsp3) is 0.417. The van der Waals surface area contributed by atoms with Gasteiger partial charge in [0.05, 0.1) is 12.6 Å². The maximum Gasteiger partial charge on any atom is 0.253 e. The molecule has 5 nitrogen and oxygen atoms in total. The lowest BCUT2D eigenvalue weighted by molar-refractivity contribution is -0.123. The first-order chi connectivity index (χ1) is 14.0. The van der Waals surface area contributed by atoms with Crippen LogP contribution in [0.1, 0.15) is 45.1 Å². The lowest BCUT2D eigenvalue weighted by atomic mass is 10.1. The van der Waals surface area contributed by atoms with Crippen molar-refractivity contribution in [3.05, 3.63) is 70.3 Å². The molecule has 0 spiro atoms. The highest BCUT2D eigenvalue weighted by molar-refractivity contribution is 5.94. The van der Waals surface area contributed by atoms with Crippen LogP contribution in [0.2, 0.25) is 0 Å². The molecule has 2 aliphatic rings. The molecule has 1 atom stereocenters. The zero-order chi connectivity index (χ0) is 20.4. The molecule has 4 rings (SSSR count). The lowest BCUT2D eigenvalue weighted by Gasteiger charge is -2.34. The summed E-state index contributed by atoms with van der Waals surface area (Å²) < 4.78 is 0. The summed E-state index contributed by atoms with van der Waals surface area (Å²) in [4.78, 5) is 29.4. The van der Waals surface area contributed by atoms with Crippen molar-refractivity contribution in [3.63, 3.8) is 0 Å². The fourth-order valence-electron chi connectivity index (χ4n) is 4.32. The quantitative estimate of drug-likeness (QED) is 0.872. The SMILES string of the molecule is Cc1ccc(C(=O)N2CCN(CC(=O)N[C@@H]3CCc4ccccc43)CC2)cc1C. The average Bonchev–Trinajstić information content (AvgIpc) is 3.13. The third kappa shape index (κ3) is 4.35. The van der Waals surface area contributed by atoms with Crippen molar-refractivity contribution in [2.24, 2.45) is 0 Å². The minimum absolute atomic E-state index is 0.0700. The molecular weight excluding hydrogens is 362 g/mol. The van der Waals surface area contributed by atoms with Crippen LogP contribution < -0.4 is 5.32 Å². The molecule has 5 heteroatoms. The summed E-state index contributed by atoms with van der Waals surface area (Å²) in [6.07, 6.45) is 2.00. The van der Waals surface area contributed by atoms with E-state index >= 15 is 0 Å². The highest BCUT2D eigenvalue weighted by Crippen LogP contribution is 2.30. The summed E-state index contributed by atoms with van der Waals surface area (Å²) in [5.74, 6) is 0.153. The van der Waals surface area contributed by atoms with Gasteiger partial charge in [-0.15, -0.1) is 0 Å². The number of hydrogen-bond donors (Lipinski definition) is 1. The van der Waals surface area contributed by atoms with Crippen molar-refractivity contribution in [1.29, 1.82) is 0 Å². The number of rotatable bonds is 4. The van der Waals surface area contributed by atoms with Crippen molar-refractivity contribution in [2.75, 3.05) is 32.7 Å². The first-order valence-electron chi connectivity index (χ1n) is 10.5. The third-order valence-electron chi connectivity index (χ3n) is 6.25. The van der Waals surface area contributed by atoms with Gasteiger partial charge < -0.3 is 10.2 Å². The van der Waals surface area contributed by atoms with Gasteiger partial charge in [0.1, 0.15) is 0 Å². The number of carbonyl (C=O) groups is 2. The average molecular weight is 392 g/mol. The first kappa shape index (κ1) is 19.6. The minimum Gasteiger partial charge on any atom is -0.348 e. The fourth-order valence-corrected chi connectivity index (χ4v) is 4.32. The molecule has 0 aromatic heterocycles. The van der Waals surface area contributed by atoms with E-state index in [-0.39, 0.29) is 17.9 Å². The van der Waals surface area contributed by atoms with Crippen LogP contribution in [0.3, 0.4) is 0 Å². The van der Waals surface area contributed by atoms with Gasteiger partial charge in [-0.3, -0.25) is 14.5 Å². The van der Waals surface area contributed by atoms with Gasteiger partial charge in [-0.2, -0.15) is 0 Å². The minimum atomic E-state index is 0.0700. The topological polar surface area (TPSA) is 52.7 Å². The van der Waals surface area contributed by atoms with Crippen molar-refractivity contribution < 1.29 is 9.59 Å². The summed E-state index contributed by atoms with van der Waals surface area (Å²) in [5.41, 5.74) is 5.68. The van der Waals surface area contributed by atoms with E-state index in [4.69, 9.17) is 0 Å². The number of amides is 2. The van der Waals surface area contributed by atoms with Gasteiger partial charge in [0, 0.05) is 31.7 Å². The Morgan fingerprint density at radius 2 is 1.76 bits per heavy atom. The van der Waals surface area contributed by atoms with E-state index in [0.29, 0.717) is 19.6 Å². The molecule has 0 bridgehead atoms. The predicted octanol–water partition coefficient (Wildman–Crippen LogP) is 2.86. The molecule has 1 fully saturated rings. The molecule has 1 saturated heterocycles. The summed E-state index contributed by atoms with van der Waals surface area (Å²) in [5, 5.41) is 3.19. The normalized spacial score (nSPS) is 19.1. The van der Waals surface area contributed by atoms with Gasteiger partial charge in [-0.1, -0.05) is 30.3 Å². The van der Waals surface area contributed by atoms with E-state index in [1.165, 1.54) is 16.7 Å². The summed E-state index contributed by atoms with van der Waals surface area (Å²) in [6.45, 7) is 7.25. The van der Waals surface area contributed by atoms with E-state index in [0.717, 1.165) is 37.1 Å². The molecule has 1 aliphatic heterocycles. The number of carbonyl (C=O) groups excluding carboxylic acids is 2. The van der Waals surface area contributed by atoms with E-state index in [1.54, 1.807) is 0 Å². The highest BCUT2D eigenvalue weighted by atomic mass is 16.2. The van der Waals surface area contributed by atoms with Crippen molar-refractivity contribution >= 4 is 11.8 Å². The Labute approximate surface area is 172 Å². The van der Waals surface area contributed by atoms with Crippen LogP contribution in [0.5, 0.6) is 0 Å². The molecule has 2 amide bonds. The maximum atomic E-state index is 12.8. The second-order valence-corrected chi connectivity index (χ2v) is 8.22. The second kappa shape index (κ2) is 8.37. The summed E-state index contributed by atoms with van der Waals surface area (Å²) in [6, 6.07) is 14.4. The Bertz CT molecular complexity index is 916. The number of nitrogens with zero attached hydrogens (tertiary/aromatic N) is 2. The van der Waals surface area contributed by atoms with Crippen LogP contribution in [0.25, 0.3) is 0 Å². The van der Waals surface area contributed by atoms with Crippen LogP contribution in [-0.2, 0) is 11.2 Å². The Morgan fingerprint density at radius 3 is 2.52 bits per heavy atom. The predicted molar refractivity (Wildman–Crippen MR) is 114 cm³/mol. The molecule has 1 aliphatic carbocycles. The molecule has 29 heavy (non-hydrogen) atoms. The van der Waals surface area contributed by atoms with E-state index in [1.807, 2.05) is 36.1 Å². The molecule has 1 N–H and O–H groups in total. The highest BCUT2D eigenvalue weighted by Gasteiger charge is 2.26. The molecule has 152 valence electrons. The van der Waals surface area contributed by atoms with Gasteiger partial charge in [0.25, 0.3) is 5.91 Å². The molecule has 0 saturated carbocycles. The van der Waals surface area contributed by atoms with Crippen LogP contribution >= 0.6 is 0 Å². The largest absolute Gasteiger partial charge is 0.348 e. The number of piperazine rings is 1. The monoisotopic (exact) mass is 391 g/mol. The van der Waals surface area contributed by atoms with E-state index in [9.17, 15) is 9.59 Å². The molecular formula is C24H29N3O2. The Balaban J connectivity index is 1.27. The molecule has 1 heterocycles. The zero-order valence-electron chi connectivity index (χ0n) is 17.3. The number of hydrogen-bond acceptors (Lipinski definition) is 3. The molecule has 2 aromatic carbocycles. The zero-order valence-corrected chi connectivity index (χ0v) is 17.3. The second-order valence-electron chi connectivity index (χ2n) is 8.22. The van der Waals surface area contributed by atoms with Crippen molar-refractivity contribution in [3.8, 4) is 0 Å². The van der Waals surface area contributed by atoms with Crippen LogP contribution in [-0.4, -0.2) is 54.3 Å².